The zero-order valence-corrected chi connectivity index (χ0v) is 8.44. The van der Waals surface area contributed by atoms with Crippen molar-refractivity contribution in [2.24, 2.45) is 0 Å². The van der Waals surface area contributed by atoms with Crippen molar-refractivity contribution in [3.05, 3.63) is 48.3 Å². The predicted molar refractivity (Wildman–Crippen MR) is 62.2 cm³/mol. The van der Waals surface area contributed by atoms with Gasteiger partial charge in [0.2, 0.25) is 0 Å². The van der Waals surface area contributed by atoms with E-state index >= 15 is 0 Å². The molecule has 0 amide bonds. The summed E-state index contributed by atoms with van der Waals surface area (Å²) >= 11 is 0. The van der Waals surface area contributed by atoms with Gasteiger partial charge in [-0.25, -0.2) is 4.39 Å². The first-order valence-corrected chi connectivity index (χ1v) is 4.76. The van der Waals surface area contributed by atoms with E-state index in [0.29, 0.717) is 11.4 Å². The molecule has 2 aromatic carbocycles. The van der Waals surface area contributed by atoms with Gasteiger partial charge in [-0.3, -0.25) is 0 Å². The van der Waals surface area contributed by atoms with Crippen molar-refractivity contribution in [3.8, 4) is 5.75 Å². The summed E-state index contributed by atoms with van der Waals surface area (Å²) in [6.45, 7) is 0. The largest absolute Gasteiger partial charge is 0.508 e. The first kappa shape index (κ1) is 10.3. The Labute approximate surface area is 92.3 Å². The Morgan fingerprint density at radius 1 is 1.06 bits per heavy atom. The number of halogens is 1. The molecule has 0 heterocycles. The molecule has 3 nitrogen and oxygen atoms in total. The van der Waals surface area contributed by atoms with Gasteiger partial charge in [0.25, 0.3) is 0 Å². The molecule has 0 saturated heterocycles. The lowest BCUT2D eigenvalue weighted by Crippen LogP contribution is -1.95. The fourth-order valence-corrected chi connectivity index (χ4v) is 1.35. The second-order valence-corrected chi connectivity index (χ2v) is 3.40. The van der Waals surface area contributed by atoms with Crippen molar-refractivity contribution < 1.29 is 9.50 Å². The van der Waals surface area contributed by atoms with Crippen LogP contribution in [0.15, 0.2) is 42.5 Å². The average Bonchev–Trinajstić information content (AvgIpc) is 2.25. The third-order valence-corrected chi connectivity index (χ3v) is 2.16. The molecule has 16 heavy (non-hydrogen) atoms. The van der Waals surface area contributed by atoms with Gasteiger partial charge in [-0.2, -0.15) is 0 Å². The van der Waals surface area contributed by atoms with Gasteiger partial charge in [-0.15, -0.1) is 0 Å². The fraction of sp³-hybridized carbons (Fsp3) is 0. The van der Waals surface area contributed by atoms with Crippen LogP contribution in [0.5, 0.6) is 5.75 Å². The Kier molecular flexibility index (Phi) is 2.64. The normalized spacial score (nSPS) is 10.1. The van der Waals surface area contributed by atoms with Crippen LogP contribution >= 0.6 is 0 Å². The number of hydrogen-bond acceptors (Lipinski definition) is 3. The maximum Gasteiger partial charge on any atom is 0.123 e. The van der Waals surface area contributed by atoms with E-state index in [9.17, 15) is 9.50 Å². The maximum absolute atomic E-state index is 12.7. The second-order valence-electron chi connectivity index (χ2n) is 3.40. The zero-order chi connectivity index (χ0) is 11.5. The number of hydrogen-bond donors (Lipinski definition) is 3. The zero-order valence-electron chi connectivity index (χ0n) is 8.44. The molecule has 2 rings (SSSR count). The lowest BCUT2D eigenvalue weighted by atomic mass is 10.2. The first-order valence-electron chi connectivity index (χ1n) is 4.76. The highest BCUT2D eigenvalue weighted by Gasteiger charge is 2.00. The molecule has 4 heteroatoms. The molecule has 0 aliphatic rings. The predicted octanol–water partition coefficient (Wildman–Crippen LogP) is 2.86. The van der Waals surface area contributed by atoms with Crippen molar-refractivity contribution in [2.75, 3.05) is 11.1 Å². The number of rotatable bonds is 2. The highest BCUT2D eigenvalue weighted by atomic mass is 19.1. The number of anilines is 3. The molecule has 0 spiro atoms. The number of benzene rings is 2. The van der Waals surface area contributed by atoms with Crippen LogP contribution in [-0.4, -0.2) is 5.11 Å². The number of phenolic OH excluding ortho intramolecular Hbond substituents is 1. The molecule has 0 bridgehead atoms. The van der Waals surface area contributed by atoms with Crippen LogP contribution in [0, 0.1) is 5.82 Å². The number of nitrogen functional groups attached to an aromatic ring is 1. The van der Waals surface area contributed by atoms with E-state index in [0.717, 1.165) is 5.69 Å². The molecular weight excluding hydrogens is 207 g/mol. The average molecular weight is 218 g/mol. The van der Waals surface area contributed by atoms with Crippen LogP contribution in [0.4, 0.5) is 21.5 Å². The summed E-state index contributed by atoms with van der Waals surface area (Å²) in [5, 5.41) is 12.2. The van der Waals surface area contributed by atoms with Crippen molar-refractivity contribution in [3.63, 3.8) is 0 Å². The van der Waals surface area contributed by atoms with Gasteiger partial charge in [0.05, 0.1) is 11.4 Å². The van der Waals surface area contributed by atoms with Crippen LogP contribution in [-0.2, 0) is 0 Å². The van der Waals surface area contributed by atoms with Crippen molar-refractivity contribution >= 4 is 17.1 Å². The van der Waals surface area contributed by atoms with E-state index in [2.05, 4.69) is 5.32 Å². The lowest BCUT2D eigenvalue weighted by molar-refractivity contribution is 0.476. The van der Waals surface area contributed by atoms with E-state index in [4.69, 9.17) is 5.73 Å². The van der Waals surface area contributed by atoms with E-state index < -0.39 is 0 Å². The number of nitrogens with one attached hydrogen (secondary N) is 1. The van der Waals surface area contributed by atoms with Gasteiger partial charge >= 0.3 is 0 Å². The van der Waals surface area contributed by atoms with Crippen molar-refractivity contribution in [2.45, 2.75) is 0 Å². The smallest absolute Gasteiger partial charge is 0.123 e. The molecule has 82 valence electrons. The molecule has 0 unspecified atom stereocenters. The third-order valence-electron chi connectivity index (χ3n) is 2.16. The van der Waals surface area contributed by atoms with Crippen LogP contribution in [0.2, 0.25) is 0 Å². The topological polar surface area (TPSA) is 58.3 Å². The third kappa shape index (κ3) is 2.23. The van der Waals surface area contributed by atoms with Gasteiger partial charge in [0.1, 0.15) is 11.6 Å². The van der Waals surface area contributed by atoms with Gasteiger partial charge in [0.15, 0.2) is 0 Å². The summed E-state index contributed by atoms with van der Waals surface area (Å²) in [6.07, 6.45) is 0. The summed E-state index contributed by atoms with van der Waals surface area (Å²) in [6, 6.07) is 10.6. The van der Waals surface area contributed by atoms with E-state index in [1.165, 1.54) is 24.3 Å². The molecule has 0 aromatic heterocycles. The minimum Gasteiger partial charge on any atom is -0.508 e. The summed E-state index contributed by atoms with van der Waals surface area (Å²) in [5.74, 6) is -0.175. The van der Waals surface area contributed by atoms with Gasteiger partial charge < -0.3 is 16.2 Å². The standard InChI is InChI=1S/C12H11FN2O/c13-8-1-3-9(4-2-8)15-12-6-5-10(16)7-11(12)14/h1-7,15-16H,14H2. The molecule has 4 N–H and O–H groups in total. The highest BCUT2D eigenvalue weighted by Crippen LogP contribution is 2.26. The number of nitrogens with two attached hydrogens (primary N) is 1. The minimum atomic E-state index is -0.288. The summed E-state index contributed by atoms with van der Waals surface area (Å²) in [4.78, 5) is 0. The molecular formula is C12H11FN2O. The Morgan fingerprint density at radius 3 is 2.38 bits per heavy atom. The molecule has 0 radical (unpaired) electrons. The summed E-state index contributed by atoms with van der Waals surface area (Å²) < 4.78 is 12.7. The highest BCUT2D eigenvalue weighted by molar-refractivity contribution is 5.73. The lowest BCUT2D eigenvalue weighted by Gasteiger charge is -2.09. The molecule has 2 aromatic rings. The Bertz CT molecular complexity index is 497. The quantitative estimate of drug-likeness (QED) is 0.536. The van der Waals surface area contributed by atoms with Gasteiger partial charge in [0, 0.05) is 11.8 Å². The molecule has 0 fully saturated rings. The molecule has 0 atom stereocenters. The van der Waals surface area contributed by atoms with Gasteiger partial charge in [-0.1, -0.05) is 0 Å². The van der Waals surface area contributed by atoms with Crippen LogP contribution in [0.1, 0.15) is 0 Å². The first-order chi connectivity index (χ1) is 7.65. The Morgan fingerprint density at radius 2 is 1.75 bits per heavy atom. The molecule has 0 aliphatic carbocycles. The SMILES string of the molecule is Nc1cc(O)ccc1Nc1ccc(F)cc1. The molecule has 0 aliphatic heterocycles. The summed E-state index contributed by atoms with van der Waals surface area (Å²) in [7, 11) is 0. The second kappa shape index (κ2) is 4.10. The summed E-state index contributed by atoms with van der Waals surface area (Å²) in [5.41, 5.74) is 7.54. The van der Waals surface area contributed by atoms with Crippen molar-refractivity contribution in [1.82, 2.24) is 0 Å². The van der Waals surface area contributed by atoms with E-state index in [1.807, 2.05) is 0 Å². The fourth-order valence-electron chi connectivity index (χ4n) is 1.35. The van der Waals surface area contributed by atoms with Crippen LogP contribution < -0.4 is 11.1 Å². The Balaban J connectivity index is 2.23. The molecule has 0 saturated carbocycles. The maximum atomic E-state index is 12.7. The van der Waals surface area contributed by atoms with Crippen LogP contribution in [0.25, 0.3) is 0 Å². The van der Waals surface area contributed by atoms with Gasteiger partial charge in [-0.05, 0) is 36.4 Å². The number of aromatic hydroxyl groups is 1. The van der Waals surface area contributed by atoms with E-state index in [1.54, 1.807) is 18.2 Å². The van der Waals surface area contributed by atoms with Crippen LogP contribution in [0.3, 0.4) is 0 Å². The minimum absolute atomic E-state index is 0.113. The Hall–Kier alpha value is -2.23. The van der Waals surface area contributed by atoms with E-state index in [-0.39, 0.29) is 11.6 Å². The monoisotopic (exact) mass is 218 g/mol. The number of phenols is 1. The van der Waals surface area contributed by atoms with Crippen molar-refractivity contribution in [1.29, 1.82) is 0 Å².